The largest absolute Gasteiger partial charge is 0.490 e. The third-order valence-corrected chi connectivity index (χ3v) is 8.12. The third-order valence-electron chi connectivity index (χ3n) is 7.29. The zero-order chi connectivity index (χ0) is 31.8. The highest BCUT2D eigenvalue weighted by atomic mass is 35.5. The van der Waals surface area contributed by atoms with Crippen LogP contribution in [0.1, 0.15) is 49.7 Å². The fourth-order valence-corrected chi connectivity index (χ4v) is 5.82. The number of benzene rings is 1. The molecule has 4 N–H and O–H groups in total. The molecule has 2 saturated heterocycles. The number of ether oxygens (including phenoxy) is 1. The number of likely N-dealkylation sites (tertiary alicyclic amines) is 1. The van der Waals surface area contributed by atoms with E-state index in [1.54, 1.807) is 11.8 Å². The van der Waals surface area contributed by atoms with Gasteiger partial charge >= 0.3 is 0 Å². The van der Waals surface area contributed by atoms with Gasteiger partial charge in [0.15, 0.2) is 22.5 Å². The molecule has 0 saturated carbocycles. The summed E-state index contributed by atoms with van der Waals surface area (Å²) in [7, 11) is 1.50. The van der Waals surface area contributed by atoms with Crippen molar-refractivity contribution in [1.29, 1.82) is 0 Å². The van der Waals surface area contributed by atoms with E-state index in [2.05, 4.69) is 42.6 Å². The number of carbonyl (C=O) groups excluding carboxylic acids is 1. The second kappa shape index (κ2) is 19.9. The second-order valence-corrected chi connectivity index (χ2v) is 11.3. The summed E-state index contributed by atoms with van der Waals surface area (Å²) in [6.07, 6.45) is 5.61. The van der Waals surface area contributed by atoms with Crippen LogP contribution in [0, 0.1) is 5.82 Å². The van der Waals surface area contributed by atoms with Gasteiger partial charge in [-0.05, 0) is 63.9 Å². The van der Waals surface area contributed by atoms with E-state index in [0.717, 1.165) is 63.4 Å². The van der Waals surface area contributed by atoms with E-state index in [0.29, 0.717) is 30.3 Å². The van der Waals surface area contributed by atoms with Gasteiger partial charge in [-0.25, -0.2) is 14.4 Å². The third kappa shape index (κ3) is 11.0. The average Bonchev–Trinajstić information content (AvgIpc) is 3.04. The monoisotopic (exact) mass is 641 g/mol. The number of amides is 1. The summed E-state index contributed by atoms with van der Waals surface area (Å²) in [5, 5.41) is 11.7. The first-order valence-corrected chi connectivity index (χ1v) is 16.8. The molecular weight excluding hydrogens is 593 g/mol. The van der Waals surface area contributed by atoms with Crippen molar-refractivity contribution in [3.05, 3.63) is 46.6 Å². The van der Waals surface area contributed by atoms with E-state index in [1.807, 2.05) is 32.2 Å². The van der Waals surface area contributed by atoms with Crippen molar-refractivity contribution in [2.45, 2.75) is 52.2 Å². The number of halogens is 2. The van der Waals surface area contributed by atoms with Crippen LogP contribution in [0.5, 0.6) is 5.75 Å². The maximum absolute atomic E-state index is 14.1. The molecule has 1 aromatic carbocycles. The van der Waals surface area contributed by atoms with Crippen molar-refractivity contribution in [3.63, 3.8) is 0 Å². The van der Waals surface area contributed by atoms with Gasteiger partial charge in [0, 0.05) is 50.6 Å². The van der Waals surface area contributed by atoms with E-state index in [-0.39, 0.29) is 29.8 Å². The molecule has 1 aromatic heterocycles. The molecule has 2 aliphatic heterocycles. The number of piperidine rings is 1. The zero-order valence-corrected chi connectivity index (χ0v) is 27.8. The molecule has 1 unspecified atom stereocenters. The second-order valence-electron chi connectivity index (χ2n) is 10.00. The first kappa shape index (κ1) is 37.0. The first-order valence-electron chi connectivity index (χ1n) is 15.0. The molecule has 3 heterocycles. The number of carbonyl (C=O) groups is 1. The van der Waals surface area contributed by atoms with Crippen LogP contribution in [0.2, 0.25) is 5.15 Å². The van der Waals surface area contributed by atoms with Crippen LogP contribution in [0.3, 0.4) is 0 Å². The van der Waals surface area contributed by atoms with Gasteiger partial charge in [0.05, 0.1) is 19.4 Å². The summed E-state index contributed by atoms with van der Waals surface area (Å²) in [5.41, 5.74) is 5.71. The molecular formula is C30H49ClFN7O3S. The number of nitrogens with one attached hydrogen (secondary N) is 1. The van der Waals surface area contributed by atoms with Gasteiger partial charge in [0.2, 0.25) is 0 Å². The summed E-state index contributed by atoms with van der Waals surface area (Å²) < 4.78 is 19.8. The van der Waals surface area contributed by atoms with Crippen molar-refractivity contribution in [3.8, 4) is 5.75 Å². The highest BCUT2D eigenvalue weighted by molar-refractivity contribution is 7.98. The molecule has 0 spiro atoms. The number of nitrogens with zero attached hydrogens (tertiary/aromatic N) is 5. The standard InChI is InChI=1S/C27H38ClFN6O3S.C2H6.CH5N/c1-19-17-34(26-25(28)32-23(16-31-26)27(37)30-7-12-36)10-11-35(19)21-5-8-33(9-6-21)18-20-3-4-22(29)24(15-20)38-13-14-39-2;2*1-2/h3-4,15-16,19,21,36H,5-14,17-18H2,1-2H3,(H,30,37);1-2H3;2H2,1H3. The summed E-state index contributed by atoms with van der Waals surface area (Å²) in [6.45, 7) is 12.0. The van der Waals surface area contributed by atoms with Gasteiger partial charge in [-0.15, -0.1) is 0 Å². The summed E-state index contributed by atoms with van der Waals surface area (Å²) >= 11 is 8.09. The quantitative estimate of drug-likeness (QED) is 0.315. The molecule has 1 atom stereocenters. The van der Waals surface area contributed by atoms with Crippen LogP contribution in [0.4, 0.5) is 10.2 Å². The average molecular weight is 642 g/mol. The molecule has 13 heteroatoms. The molecule has 2 aliphatic rings. The van der Waals surface area contributed by atoms with Crippen LogP contribution in [0.25, 0.3) is 0 Å². The number of nitrogens with two attached hydrogens (primary N) is 1. The Bertz CT molecular complexity index is 1110. The number of anilines is 1. The van der Waals surface area contributed by atoms with E-state index in [4.69, 9.17) is 21.4 Å². The number of hydrogen-bond donors (Lipinski definition) is 3. The number of piperazine rings is 1. The van der Waals surface area contributed by atoms with Crippen molar-refractivity contribution in [2.24, 2.45) is 5.73 Å². The Balaban J connectivity index is 0.00000155. The number of hydrogen-bond acceptors (Lipinski definition) is 10. The number of aliphatic hydroxyl groups excluding tert-OH is 1. The Morgan fingerprint density at radius 2 is 1.95 bits per heavy atom. The molecule has 1 amide bonds. The fraction of sp³-hybridized carbons (Fsp3) is 0.633. The maximum Gasteiger partial charge on any atom is 0.271 e. The minimum atomic E-state index is -0.408. The SMILES string of the molecule is CC.CN.CSCCOc1cc(CN2CCC(N3CCN(c4ncc(C(=O)NCCO)nc4Cl)CC3C)CC2)ccc1F. The van der Waals surface area contributed by atoms with E-state index in [1.165, 1.54) is 19.3 Å². The van der Waals surface area contributed by atoms with Gasteiger partial charge in [0.25, 0.3) is 5.91 Å². The van der Waals surface area contributed by atoms with Crippen LogP contribution in [-0.4, -0.2) is 114 Å². The number of thioether (sulfide) groups is 1. The molecule has 10 nitrogen and oxygen atoms in total. The normalized spacial score (nSPS) is 17.8. The van der Waals surface area contributed by atoms with Gasteiger partial charge in [-0.2, -0.15) is 11.8 Å². The summed E-state index contributed by atoms with van der Waals surface area (Å²) in [6, 6.07) is 6.03. The lowest BCUT2D eigenvalue weighted by molar-refractivity contribution is 0.0690. The molecule has 2 fully saturated rings. The molecule has 242 valence electrons. The highest BCUT2D eigenvalue weighted by Gasteiger charge is 2.33. The number of aromatic nitrogens is 2. The summed E-state index contributed by atoms with van der Waals surface area (Å²) in [5.74, 6) is 1.05. The predicted octanol–water partition coefficient (Wildman–Crippen LogP) is 3.51. The van der Waals surface area contributed by atoms with Crippen LogP contribution in [0.15, 0.2) is 24.4 Å². The van der Waals surface area contributed by atoms with Crippen molar-refractivity contribution in [1.82, 2.24) is 25.1 Å². The van der Waals surface area contributed by atoms with E-state index in [9.17, 15) is 9.18 Å². The minimum Gasteiger partial charge on any atom is -0.490 e. The Hall–Kier alpha value is -2.22. The van der Waals surface area contributed by atoms with E-state index >= 15 is 0 Å². The maximum atomic E-state index is 14.1. The fourth-order valence-electron chi connectivity index (χ4n) is 5.31. The molecule has 0 aliphatic carbocycles. The van der Waals surface area contributed by atoms with Gasteiger partial charge in [0.1, 0.15) is 5.69 Å². The van der Waals surface area contributed by atoms with Gasteiger partial charge < -0.3 is 25.8 Å². The smallest absolute Gasteiger partial charge is 0.271 e. The van der Waals surface area contributed by atoms with Crippen LogP contribution < -0.4 is 20.7 Å². The molecule has 0 radical (unpaired) electrons. The Morgan fingerprint density at radius 3 is 2.58 bits per heavy atom. The Labute approximate surface area is 265 Å². The molecule has 2 aromatic rings. The lowest BCUT2D eigenvalue weighted by Crippen LogP contribution is -2.57. The molecule has 4 rings (SSSR count). The first-order chi connectivity index (χ1) is 20.9. The topological polar surface area (TPSA) is 120 Å². The van der Waals surface area contributed by atoms with Gasteiger partial charge in [-0.1, -0.05) is 31.5 Å². The van der Waals surface area contributed by atoms with Gasteiger partial charge in [-0.3, -0.25) is 14.6 Å². The minimum absolute atomic E-state index is 0.135. The molecule has 0 bridgehead atoms. The Morgan fingerprint density at radius 1 is 1.23 bits per heavy atom. The lowest BCUT2D eigenvalue weighted by Gasteiger charge is -2.46. The van der Waals surface area contributed by atoms with Crippen molar-refractivity contribution >= 4 is 35.1 Å². The lowest BCUT2D eigenvalue weighted by atomic mass is 9.99. The van der Waals surface area contributed by atoms with Crippen molar-refractivity contribution in [2.75, 3.05) is 76.4 Å². The van der Waals surface area contributed by atoms with Crippen LogP contribution in [-0.2, 0) is 6.54 Å². The summed E-state index contributed by atoms with van der Waals surface area (Å²) in [4.78, 5) is 27.9. The van der Waals surface area contributed by atoms with Crippen LogP contribution >= 0.6 is 23.4 Å². The Kier molecular flexibility index (Phi) is 17.1. The zero-order valence-electron chi connectivity index (χ0n) is 26.2. The predicted molar refractivity (Wildman–Crippen MR) is 175 cm³/mol. The van der Waals surface area contributed by atoms with E-state index < -0.39 is 5.91 Å². The highest BCUT2D eigenvalue weighted by Crippen LogP contribution is 2.28. The number of aliphatic hydroxyl groups is 1. The van der Waals surface area contributed by atoms with Crippen molar-refractivity contribution < 1.29 is 19.0 Å². The molecule has 43 heavy (non-hydrogen) atoms. The number of rotatable bonds is 11.